The molecule has 0 radical (unpaired) electrons. The topological polar surface area (TPSA) is 67.9 Å². The number of nitrogens with zero attached hydrogens (tertiary/aromatic N) is 2. The molecule has 1 amide bonds. The molecule has 0 aromatic heterocycles. The lowest BCUT2D eigenvalue weighted by atomic mass is 9.86. The largest absolute Gasteiger partial charge is 0.493 e. The van der Waals surface area contributed by atoms with E-state index in [1.54, 1.807) is 0 Å². The van der Waals surface area contributed by atoms with E-state index in [1.807, 2.05) is 0 Å². The molecule has 2 aliphatic heterocycles. The highest BCUT2D eigenvalue weighted by Gasteiger charge is 2.56. The molecule has 2 aromatic carbocycles. The van der Waals surface area contributed by atoms with Crippen LogP contribution in [0.25, 0.3) is 0 Å². The molecular formula is C20H18F3N3O2S. The summed E-state index contributed by atoms with van der Waals surface area (Å²) < 4.78 is 47.8. The predicted molar refractivity (Wildman–Crippen MR) is 104 cm³/mol. The van der Waals surface area contributed by atoms with E-state index in [0.29, 0.717) is 24.3 Å². The van der Waals surface area contributed by atoms with Gasteiger partial charge in [0.25, 0.3) is 0 Å². The minimum Gasteiger partial charge on any atom is -0.493 e. The Bertz CT molecular complexity index is 1020. The summed E-state index contributed by atoms with van der Waals surface area (Å²) in [5, 5.41) is 5.82. The van der Waals surface area contributed by atoms with Crippen LogP contribution >= 0.6 is 11.8 Å². The minimum atomic E-state index is -1.14. The summed E-state index contributed by atoms with van der Waals surface area (Å²) >= 11 is 1.13. The highest BCUT2D eigenvalue weighted by Crippen LogP contribution is 2.57. The SMILES string of the molecule is CC(=O)N1N=C(c2ccc(F)cc2F)SC12c1cc(F)ccc1OCC2CCN. The summed E-state index contributed by atoms with van der Waals surface area (Å²) in [5.74, 6) is -2.29. The number of carbonyl (C=O) groups is 1. The number of halogens is 3. The van der Waals surface area contributed by atoms with Gasteiger partial charge >= 0.3 is 0 Å². The first kappa shape index (κ1) is 19.8. The smallest absolute Gasteiger partial charge is 0.241 e. The lowest BCUT2D eigenvalue weighted by molar-refractivity contribution is -0.134. The molecule has 0 aliphatic carbocycles. The quantitative estimate of drug-likeness (QED) is 0.823. The fraction of sp³-hybridized carbons (Fsp3) is 0.300. The number of hydrazone groups is 1. The van der Waals surface area contributed by atoms with E-state index in [4.69, 9.17) is 10.5 Å². The zero-order valence-electron chi connectivity index (χ0n) is 15.5. The molecule has 2 aromatic rings. The average Bonchev–Trinajstić information content (AvgIpc) is 3.06. The Morgan fingerprint density at radius 2 is 2.00 bits per heavy atom. The molecule has 2 unspecified atom stereocenters. The molecular weight excluding hydrogens is 403 g/mol. The number of benzene rings is 2. The van der Waals surface area contributed by atoms with Crippen molar-refractivity contribution in [2.24, 2.45) is 16.8 Å². The molecule has 1 spiro atoms. The number of fused-ring (bicyclic) bond motifs is 2. The number of hydrogen-bond acceptors (Lipinski definition) is 5. The Labute approximate surface area is 169 Å². The van der Waals surface area contributed by atoms with Crippen molar-refractivity contribution >= 4 is 22.7 Å². The van der Waals surface area contributed by atoms with Crippen LogP contribution in [0.3, 0.4) is 0 Å². The summed E-state index contributed by atoms with van der Waals surface area (Å²) in [4.78, 5) is 11.4. The fourth-order valence-electron chi connectivity index (χ4n) is 3.79. The molecule has 5 nitrogen and oxygen atoms in total. The summed E-state index contributed by atoms with van der Waals surface area (Å²) in [6.07, 6.45) is 0.474. The fourth-order valence-corrected chi connectivity index (χ4v) is 5.36. The standard InChI is InChI=1S/C20H18F3N3O2S/c1-11(27)26-20(29-19(25-26)15-4-2-14(22)9-17(15)23)12(6-7-24)10-28-18-5-3-13(21)8-16(18)20/h2-5,8-9,12H,6-7,10,24H2,1H3. The first-order valence-corrected chi connectivity index (χ1v) is 9.85. The van der Waals surface area contributed by atoms with Crippen molar-refractivity contribution in [1.29, 1.82) is 0 Å². The number of ether oxygens (including phenoxy) is 1. The number of carbonyl (C=O) groups excluding carboxylic acids is 1. The van der Waals surface area contributed by atoms with Gasteiger partial charge < -0.3 is 10.5 Å². The Hall–Kier alpha value is -2.52. The van der Waals surface area contributed by atoms with Gasteiger partial charge in [-0.15, -0.1) is 0 Å². The lowest BCUT2D eigenvalue weighted by Gasteiger charge is -2.45. The van der Waals surface area contributed by atoms with E-state index in [-0.39, 0.29) is 23.1 Å². The number of amides is 1. The highest BCUT2D eigenvalue weighted by molar-refractivity contribution is 8.15. The minimum absolute atomic E-state index is 0.0652. The first-order chi connectivity index (χ1) is 13.9. The lowest BCUT2D eigenvalue weighted by Crippen LogP contribution is -2.51. The molecule has 2 heterocycles. The molecule has 4 rings (SSSR count). The van der Waals surface area contributed by atoms with Crippen molar-refractivity contribution in [3.8, 4) is 5.75 Å². The van der Waals surface area contributed by atoms with E-state index in [1.165, 1.54) is 36.2 Å². The summed E-state index contributed by atoms with van der Waals surface area (Å²) in [7, 11) is 0. The average molecular weight is 421 g/mol. The molecule has 2 N–H and O–H groups in total. The van der Waals surface area contributed by atoms with E-state index in [9.17, 15) is 18.0 Å². The van der Waals surface area contributed by atoms with Crippen molar-refractivity contribution in [3.63, 3.8) is 0 Å². The Morgan fingerprint density at radius 3 is 2.69 bits per heavy atom. The molecule has 0 fully saturated rings. The molecule has 0 saturated heterocycles. The van der Waals surface area contributed by atoms with Gasteiger partial charge in [0.15, 0.2) is 4.87 Å². The zero-order valence-corrected chi connectivity index (χ0v) is 16.3. The van der Waals surface area contributed by atoms with E-state index in [2.05, 4.69) is 5.10 Å². The second-order valence-electron chi connectivity index (χ2n) is 6.88. The van der Waals surface area contributed by atoms with Crippen molar-refractivity contribution in [1.82, 2.24) is 5.01 Å². The van der Waals surface area contributed by atoms with Crippen LogP contribution in [0, 0.1) is 23.4 Å². The monoisotopic (exact) mass is 421 g/mol. The molecule has 29 heavy (non-hydrogen) atoms. The van der Waals surface area contributed by atoms with E-state index < -0.39 is 28.2 Å². The van der Waals surface area contributed by atoms with Crippen molar-refractivity contribution < 1.29 is 22.7 Å². The van der Waals surface area contributed by atoms with Crippen molar-refractivity contribution in [2.45, 2.75) is 18.2 Å². The Morgan fingerprint density at radius 1 is 1.28 bits per heavy atom. The van der Waals surface area contributed by atoms with Gasteiger partial charge in [-0.3, -0.25) is 4.79 Å². The van der Waals surface area contributed by atoms with Crippen LogP contribution in [0.4, 0.5) is 13.2 Å². The maximum Gasteiger partial charge on any atom is 0.241 e. The molecule has 9 heteroatoms. The molecule has 152 valence electrons. The maximum atomic E-state index is 14.4. The van der Waals surface area contributed by atoms with Gasteiger partial charge in [-0.1, -0.05) is 11.8 Å². The predicted octanol–water partition coefficient (Wildman–Crippen LogP) is 3.57. The van der Waals surface area contributed by atoms with Crippen LogP contribution in [-0.2, 0) is 9.67 Å². The van der Waals surface area contributed by atoms with Gasteiger partial charge in [0.2, 0.25) is 5.91 Å². The Kier molecular flexibility index (Phi) is 5.04. The van der Waals surface area contributed by atoms with Crippen LogP contribution in [0.15, 0.2) is 41.5 Å². The summed E-state index contributed by atoms with van der Waals surface area (Å²) in [6.45, 7) is 1.89. The van der Waals surface area contributed by atoms with Gasteiger partial charge in [0.05, 0.1) is 6.61 Å². The third-order valence-corrected chi connectivity index (χ3v) is 6.59. The van der Waals surface area contributed by atoms with E-state index in [0.717, 1.165) is 23.9 Å². The number of hydrogen-bond donors (Lipinski definition) is 1. The first-order valence-electron chi connectivity index (χ1n) is 9.03. The molecule has 2 aliphatic rings. The summed E-state index contributed by atoms with van der Waals surface area (Å²) in [6, 6.07) is 7.24. The highest BCUT2D eigenvalue weighted by atomic mass is 32.2. The van der Waals surface area contributed by atoms with Gasteiger partial charge in [-0.25, -0.2) is 18.2 Å². The third-order valence-electron chi connectivity index (χ3n) is 5.05. The van der Waals surface area contributed by atoms with Crippen molar-refractivity contribution in [3.05, 3.63) is 65.0 Å². The number of thioether (sulfide) groups is 1. The normalized spacial score (nSPS) is 23.0. The van der Waals surface area contributed by atoms with Gasteiger partial charge in [-0.2, -0.15) is 5.10 Å². The van der Waals surface area contributed by atoms with E-state index >= 15 is 0 Å². The second-order valence-corrected chi connectivity index (χ2v) is 8.10. The van der Waals surface area contributed by atoms with Gasteiger partial charge in [-0.05, 0) is 43.3 Å². The van der Waals surface area contributed by atoms with Crippen LogP contribution in [0.2, 0.25) is 0 Å². The van der Waals surface area contributed by atoms with Crippen molar-refractivity contribution in [2.75, 3.05) is 13.2 Å². The van der Waals surface area contributed by atoms with Crippen LogP contribution < -0.4 is 10.5 Å². The van der Waals surface area contributed by atoms with Crippen LogP contribution in [0.5, 0.6) is 5.75 Å². The molecule has 0 saturated carbocycles. The molecule has 2 atom stereocenters. The van der Waals surface area contributed by atoms with Crippen LogP contribution in [-0.4, -0.2) is 29.1 Å². The maximum absolute atomic E-state index is 14.4. The number of rotatable bonds is 3. The Balaban J connectivity index is 1.90. The van der Waals surface area contributed by atoms with Crippen LogP contribution in [0.1, 0.15) is 24.5 Å². The number of nitrogens with two attached hydrogens (primary N) is 1. The van der Waals surface area contributed by atoms with Gasteiger partial charge in [0, 0.05) is 30.0 Å². The second kappa shape index (κ2) is 7.38. The summed E-state index contributed by atoms with van der Waals surface area (Å²) in [5.41, 5.74) is 6.29. The third kappa shape index (κ3) is 3.18. The van der Waals surface area contributed by atoms with Gasteiger partial charge in [0.1, 0.15) is 28.2 Å². The zero-order chi connectivity index (χ0) is 20.8. The molecule has 0 bridgehead atoms.